The Kier molecular flexibility index (Phi) is 3.94. The minimum absolute atomic E-state index is 0.650. The Labute approximate surface area is 123 Å². The first kappa shape index (κ1) is 13.5. The van der Waals surface area contributed by atoms with E-state index in [4.69, 9.17) is 16.0 Å². The van der Waals surface area contributed by atoms with E-state index in [2.05, 4.69) is 15.2 Å². The number of halogens is 1. The molecule has 0 unspecified atom stereocenters. The van der Waals surface area contributed by atoms with Crippen LogP contribution in [0.4, 0.5) is 5.82 Å². The Balaban J connectivity index is 1.69. The van der Waals surface area contributed by atoms with Crippen LogP contribution in [0.1, 0.15) is 24.3 Å². The molecular formula is C15H18ClN3O. The molecular weight excluding hydrogens is 274 g/mol. The number of pyridine rings is 1. The van der Waals surface area contributed by atoms with Gasteiger partial charge in [0.1, 0.15) is 11.6 Å². The van der Waals surface area contributed by atoms with Gasteiger partial charge in [0.05, 0.1) is 23.5 Å². The van der Waals surface area contributed by atoms with Crippen molar-refractivity contribution in [3.63, 3.8) is 0 Å². The molecule has 1 aliphatic rings. The molecule has 2 heterocycles. The van der Waals surface area contributed by atoms with Crippen LogP contribution < -0.4 is 10.2 Å². The van der Waals surface area contributed by atoms with Crippen molar-refractivity contribution in [3.8, 4) is 0 Å². The molecule has 0 saturated heterocycles. The lowest BCUT2D eigenvalue weighted by molar-refractivity contribution is 0.507. The van der Waals surface area contributed by atoms with Gasteiger partial charge in [0.2, 0.25) is 0 Å². The maximum atomic E-state index is 6.21. The highest BCUT2D eigenvalue weighted by atomic mass is 35.5. The third-order valence-corrected chi connectivity index (χ3v) is 3.75. The third-order valence-electron chi connectivity index (χ3n) is 3.40. The number of furan rings is 1. The summed E-state index contributed by atoms with van der Waals surface area (Å²) in [5.41, 5.74) is 0.905. The van der Waals surface area contributed by atoms with Crippen molar-refractivity contribution in [2.45, 2.75) is 32.0 Å². The molecule has 1 aliphatic carbocycles. The first-order valence-corrected chi connectivity index (χ1v) is 7.22. The van der Waals surface area contributed by atoms with Crippen LogP contribution >= 0.6 is 11.6 Å². The summed E-state index contributed by atoms with van der Waals surface area (Å²) in [6, 6.07) is 8.35. The van der Waals surface area contributed by atoms with Gasteiger partial charge in [-0.3, -0.25) is 0 Å². The number of anilines is 1. The van der Waals surface area contributed by atoms with Crippen LogP contribution in [0.5, 0.6) is 0 Å². The number of rotatable bonds is 6. The third kappa shape index (κ3) is 3.32. The first-order valence-electron chi connectivity index (χ1n) is 6.84. The highest BCUT2D eigenvalue weighted by Crippen LogP contribution is 2.23. The molecule has 0 bridgehead atoms. The Morgan fingerprint density at radius 1 is 1.40 bits per heavy atom. The number of nitrogens with one attached hydrogen (secondary N) is 1. The summed E-state index contributed by atoms with van der Waals surface area (Å²) < 4.78 is 5.36. The van der Waals surface area contributed by atoms with Crippen molar-refractivity contribution in [1.82, 2.24) is 10.3 Å². The minimum atomic E-state index is 0.650. The summed E-state index contributed by atoms with van der Waals surface area (Å²) in [6.45, 7) is 1.42. The van der Waals surface area contributed by atoms with Crippen molar-refractivity contribution >= 4 is 17.4 Å². The van der Waals surface area contributed by atoms with E-state index in [1.54, 1.807) is 6.26 Å². The molecule has 0 atom stereocenters. The fraction of sp³-hybridized carbons (Fsp3) is 0.400. The Hall–Kier alpha value is -1.52. The predicted octanol–water partition coefficient (Wildman–Crippen LogP) is 3.22. The van der Waals surface area contributed by atoms with Crippen LogP contribution in [0.3, 0.4) is 0 Å². The minimum Gasteiger partial charge on any atom is -0.467 e. The zero-order valence-corrected chi connectivity index (χ0v) is 12.2. The van der Waals surface area contributed by atoms with Crippen LogP contribution in [0, 0.1) is 0 Å². The van der Waals surface area contributed by atoms with Gasteiger partial charge in [0, 0.05) is 19.6 Å². The Morgan fingerprint density at radius 3 is 2.95 bits per heavy atom. The normalized spacial score (nSPS) is 14.5. The van der Waals surface area contributed by atoms with Crippen LogP contribution in [0.25, 0.3) is 0 Å². The number of hydrogen-bond acceptors (Lipinski definition) is 4. The summed E-state index contributed by atoms with van der Waals surface area (Å²) in [5, 5.41) is 4.16. The quantitative estimate of drug-likeness (QED) is 0.887. The van der Waals surface area contributed by atoms with E-state index < -0.39 is 0 Å². The molecule has 1 saturated carbocycles. The molecule has 0 amide bonds. The van der Waals surface area contributed by atoms with Crippen molar-refractivity contribution < 1.29 is 4.42 Å². The van der Waals surface area contributed by atoms with Gasteiger partial charge in [-0.05, 0) is 37.1 Å². The second kappa shape index (κ2) is 5.85. The second-order valence-electron chi connectivity index (χ2n) is 5.19. The maximum absolute atomic E-state index is 6.21. The molecule has 1 N–H and O–H groups in total. The van der Waals surface area contributed by atoms with Crippen molar-refractivity contribution in [2.24, 2.45) is 0 Å². The molecule has 20 heavy (non-hydrogen) atoms. The summed E-state index contributed by atoms with van der Waals surface area (Å²) in [6.07, 6.45) is 4.20. The Bertz CT molecular complexity index is 567. The largest absolute Gasteiger partial charge is 0.467 e. The standard InChI is InChI=1S/C15H18ClN3O/c1-19(10-12-3-2-8-20-12)15-7-6-13(16)14(18-15)9-17-11-4-5-11/h2-3,6-8,11,17H,4-5,9-10H2,1H3. The summed E-state index contributed by atoms with van der Waals surface area (Å²) in [7, 11) is 2.00. The summed E-state index contributed by atoms with van der Waals surface area (Å²) in [5.74, 6) is 1.82. The fourth-order valence-corrected chi connectivity index (χ4v) is 2.23. The maximum Gasteiger partial charge on any atom is 0.129 e. The highest BCUT2D eigenvalue weighted by molar-refractivity contribution is 6.31. The van der Waals surface area contributed by atoms with Gasteiger partial charge >= 0.3 is 0 Å². The van der Waals surface area contributed by atoms with Gasteiger partial charge in [-0.1, -0.05) is 11.6 Å². The van der Waals surface area contributed by atoms with Gasteiger partial charge in [0.15, 0.2) is 0 Å². The predicted molar refractivity (Wildman–Crippen MR) is 79.9 cm³/mol. The first-order chi connectivity index (χ1) is 9.72. The van der Waals surface area contributed by atoms with E-state index in [-0.39, 0.29) is 0 Å². The molecule has 0 radical (unpaired) electrons. The zero-order chi connectivity index (χ0) is 13.9. The van der Waals surface area contributed by atoms with E-state index in [9.17, 15) is 0 Å². The zero-order valence-electron chi connectivity index (χ0n) is 11.5. The average molecular weight is 292 g/mol. The molecule has 5 heteroatoms. The molecule has 4 nitrogen and oxygen atoms in total. The Morgan fingerprint density at radius 2 is 2.25 bits per heavy atom. The van der Waals surface area contributed by atoms with Gasteiger partial charge in [-0.2, -0.15) is 0 Å². The van der Waals surface area contributed by atoms with E-state index in [1.807, 2.05) is 31.3 Å². The molecule has 0 aliphatic heterocycles. The van der Waals surface area contributed by atoms with Crippen molar-refractivity contribution in [2.75, 3.05) is 11.9 Å². The van der Waals surface area contributed by atoms with Gasteiger partial charge in [-0.25, -0.2) is 4.98 Å². The second-order valence-corrected chi connectivity index (χ2v) is 5.60. The molecule has 0 spiro atoms. The van der Waals surface area contributed by atoms with Crippen LogP contribution in [0.15, 0.2) is 34.9 Å². The van der Waals surface area contributed by atoms with E-state index in [0.29, 0.717) is 17.6 Å². The van der Waals surface area contributed by atoms with E-state index in [1.165, 1.54) is 12.8 Å². The molecule has 2 aromatic heterocycles. The fourth-order valence-electron chi connectivity index (χ4n) is 2.06. The highest BCUT2D eigenvalue weighted by Gasteiger charge is 2.21. The van der Waals surface area contributed by atoms with Gasteiger partial charge in [0.25, 0.3) is 0 Å². The van der Waals surface area contributed by atoms with Crippen LogP contribution in [-0.4, -0.2) is 18.1 Å². The molecule has 2 aromatic rings. The lowest BCUT2D eigenvalue weighted by atomic mass is 10.3. The van der Waals surface area contributed by atoms with Gasteiger partial charge in [-0.15, -0.1) is 0 Å². The van der Waals surface area contributed by atoms with Gasteiger partial charge < -0.3 is 14.6 Å². The monoisotopic (exact) mass is 291 g/mol. The molecule has 3 rings (SSSR count). The summed E-state index contributed by atoms with van der Waals surface area (Å²) in [4.78, 5) is 6.69. The van der Waals surface area contributed by atoms with E-state index >= 15 is 0 Å². The molecule has 106 valence electrons. The number of aromatic nitrogens is 1. The van der Waals surface area contributed by atoms with Crippen LogP contribution in [-0.2, 0) is 13.1 Å². The van der Waals surface area contributed by atoms with Crippen molar-refractivity contribution in [3.05, 3.63) is 47.0 Å². The smallest absolute Gasteiger partial charge is 0.129 e. The van der Waals surface area contributed by atoms with E-state index in [0.717, 1.165) is 23.8 Å². The average Bonchev–Trinajstić information content (AvgIpc) is 3.14. The SMILES string of the molecule is CN(Cc1ccco1)c1ccc(Cl)c(CNC2CC2)n1. The molecule has 1 fully saturated rings. The van der Waals surface area contributed by atoms with Crippen LogP contribution in [0.2, 0.25) is 5.02 Å². The molecule has 0 aromatic carbocycles. The lowest BCUT2D eigenvalue weighted by Gasteiger charge is -2.18. The number of hydrogen-bond donors (Lipinski definition) is 1. The van der Waals surface area contributed by atoms with Crippen molar-refractivity contribution in [1.29, 1.82) is 0 Å². The lowest BCUT2D eigenvalue weighted by Crippen LogP contribution is -2.20. The number of nitrogens with zero attached hydrogens (tertiary/aromatic N) is 2. The summed E-state index contributed by atoms with van der Waals surface area (Å²) >= 11 is 6.21. The topological polar surface area (TPSA) is 41.3 Å².